The largest absolute Gasteiger partial charge is 0.466 e. The van der Waals surface area contributed by atoms with Crippen LogP contribution in [0, 0.1) is 17.3 Å². The number of ether oxygens (including phenoxy) is 6. The molecule has 0 aliphatic carbocycles. The van der Waals surface area contributed by atoms with Crippen LogP contribution >= 0.6 is 0 Å². The average molecular weight is 1520 g/mol. The molecule has 0 atom stereocenters. The van der Waals surface area contributed by atoms with Gasteiger partial charge in [-0.2, -0.15) is 0 Å². The highest BCUT2D eigenvalue weighted by Crippen LogP contribution is 2.16. The van der Waals surface area contributed by atoms with E-state index >= 15 is 0 Å². The van der Waals surface area contributed by atoms with Crippen LogP contribution in [0.3, 0.4) is 0 Å². The van der Waals surface area contributed by atoms with Gasteiger partial charge in [-0.25, -0.2) is 0 Å². The Bertz CT molecular complexity index is 2480. The van der Waals surface area contributed by atoms with Crippen molar-refractivity contribution in [3.63, 3.8) is 0 Å². The predicted molar refractivity (Wildman–Crippen MR) is 428 cm³/mol. The minimum absolute atomic E-state index is 0.0279. The van der Waals surface area contributed by atoms with Crippen LogP contribution in [-0.4, -0.2) is 219 Å². The number of carbonyl (C=O) groups excluding carboxylic acids is 12. The molecular weight excluding hydrogens is 1370 g/mol. The molecule has 0 saturated carbocycles. The standard InChI is InChI=1S/2C15H27NO3.2C14H25NO3.C13H23NO3.C12H21NO3/c1-6-10-16(13(17)7-2)11-8-9-12-19-14(18)15(3,4)5;1-5-9-16(14(17)6-2)10-7-8-11-19-15(18)12-13(3)4;1-5-9-15(13(16)6-2)10-7-8-11-18-14(17)12(3)4;1-4-9-14(17)18-12-8-7-11-15(10-5-2)13(16)6-3;1-4-9-14(12(15)5-2)10-7-8-11-17-13(16)6-3;1-4-8-13(12(15)5-2)9-6-7-10-16-11(3)14/h7H,2,6,8-12H2,1,3-5H3;6,13H,2,5,7-12H2,1,3-4H3;6,12H,2,5,7-11H2,1,3-4H3;6H,3-5,7-12H2,1-2H3;5H,2,4,6-11H2,1,3H3;5H,2,4,6-10H2,1,3H3. The van der Waals surface area contributed by atoms with Gasteiger partial charge in [0.05, 0.1) is 51.0 Å². The Morgan fingerprint density at radius 1 is 0.318 bits per heavy atom. The Hall–Kier alpha value is -7.92. The smallest absolute Gasteiger partial charge is 0.311 e. The fourth-order valence-electron chi connectivity index (χ4n) is 9.08. The normalized spacial score (nSPS) is 10.1. The lowest BCUT2D eigenvalue weighted by Gasteiger charge is -2.20. The molecule has 0 aliphatic heterocycles. The molecule has 0 aromatic rings. The van der Waals surface area contributed by atoms with Gasteiger partial charge in [-0.05, 0) is 185 Å². The van der Waals surface area contributed by atoms with E-state index in [0.29, 0.717) is 104 Å². The van der Waals surface area contributed by atoms with Crippen molar-refractivity contribution in [1.29, 1.82) is 0 Å². The molecule has 0 rings (SSSR count). The molecule has 0 heterocycles. The van der Waals surface area contributed by atoms with Gasteiger partial charge in [-0.1, -0.05) is 123 Å². The first-order valence-electron chi connectivity index (χ1n) is 39.2. The predicted octanol–water partition coefficient (Wildman–Crippen LogP) is 14.4. The van der Waals surface area contributed by atoms with Gasteiger partial charge < -0.3 is 57.8 Å². The van der Waals surface area contributed by atoms with Crippen LogP contribution in [0.15, 0.2) is 75.9 Å². The monoisotopic (exact) mass is 1520 g/mol. The Morgan fingerprint density at radius 3 is 0.776 bits per heavy atom. The second kappa shape index (κ2) is 76.3. The van der Waals surface area contributed by atoms with Crippen LogP contribution in [-0.2, 0) is 86.0 Å². The summed E-state index contributed by atoms with van der Waals surface area (Å²) in [5.41, 5.74) is -0.451. The summed E-state index contributed by atoms with van der Waals surface area (Å²) in [6, 6.07) is 0. The molecule has 107 heavy (non-hydrogen) atoms. The fourth-order valence-corrected chi connectivity index (χ4v) is 9.08. The fraction of sp³-hybridized carbons (Fsp3) is 0.711. The molecule has 0 bridgehead atoms. The summed E-state index contributed by atoms with van der Waals surface area (Å²) in [5.74, 6) is -0.975. The van der Waals surface area contributed by atoms with Gasteiger partial charge in [0, 0.05) is 105 Å². The minimum Gasteiger partial charge on any atom is -0.466 e. The average Bonchev–Trinajstić information content (AvgIpc) is 0.938. The highest BCUT2D eigenvalue weighted by atomic mass is 16.6. The van der Waals surface area contributed by atoms with Crippen molar-refractivity contribution in [3.05, 3.63) is 75.9 Å². The van der Waals surface area contributed by atoms with Gasteiger partial charge in [0.2, 0.25) is 35.4 Å². The summed E-state index contributed by atoms with van der Waals surface area (Å²) in [6.07, 6.45) is 25.6. The van der Waals surface area contributed by atoms with Crippen LogP contribution in [0.4, 0.5) is 0 Å². The van der Waals surface area contributed by atoms with Crippen molar-refractivity contribution in [1.82, 2.24) is 29.4 Å². The van der Waals surface area contributed by atoms with E-state index in [1.807, 2.05) is 96.9 Å². The first-order valence-corrected chi connectivity index (χ1v) is 39.2. The molecule has 0 N–H and O–H groups in total. The number of hydrogen-bond acceptors (Lipinski definition) is 18. The molecule has 0 saturated heterocycles. The number of unbranched alkanes of at least 4 members (excludes halogenated alkanes) is 6. The zero-order chi connectivity index (χ0) is 82.8. The van der Waals surface area contributed by atoms with Gasteiger partial charge in [0.15, 0.2) is 0 Å². The van der Waals surface area contributed by atoms with E-state index in [1.165, 1.54) is 43.4 Å². The molecule has 0 aliphatic rings. The molecule has 0 unspecified atom stereocenters. The number of rotatable bonds is 54. The van der Waals surface area contributed by atoms with Gasteiger partial charge in [0.1, 0.15) is 0 Å². The molecule has 6 amide bonds. The molecule has 24 nitrogen and oxygen atoms in total. The summed E-state index contributed by atoms with van der Waals surface area (Å²) in [5, 5.41) is 0. The summed E-state index contributed by atoms with van der Waals surface area (Å²) in [6.45, 7) is 62.6. The number of esters is 6. The van der Waals surface area contributed by atoms with Crippen molar-refractivity contribution < 1.29 is 86.0 Å². The topological polar surface area (TPSA) is 280 Å². The summed E-state index contributed by atoms with van der Waals surface area (Å²) in [7, 11) is 0. The van der Waals surface area contributed by atoms with Crippen LogP contribution < -0.4 is 0 Å². The van der Waals surface area contributed by atoms with Crippen LogP contribution in [0.1, 0.15) is 252 Å². The van der Waals surface area contributed by atoms with Crippen molar-refractivity contribution in [2.45, 2.75) is 252 Å². The highest BCUT2D eigenvalue weighted by Gasteiger charge is 2.23. The van der Waals surface area contributed by atoms with Crippen molar-refractivity contribution >= 4 is 71.3 Å². The van der Waals surface area contributed by atoms with Crippen LogP contribution in [0.2, 0.25) is 0 Å². The first-order chi connectivity index (χ1) is 50.8. The number of hydrogen-bond donors (Lipinski definition) is 0. The minimum atomic E-state index is -0.451. The summed E-state index contributed by atoms with van der Waals surface area (Å²) < 4.78 is 30.2. The zero-order valence-electron chi connectivity index (χ0n) is 69.7. The van der Waals surface area contributed by atoms with E-state index in [2.05, 4.69) is 39.5 Å². The Morgan fingerprint density at radius 2 is 0.561 bits per heavy atom. The number of carbonyl (C=O) groups is 12. The first kappa shape index (κ1) is 110. The Kier molecular flexibility index (Phi) is 78.4. The zero-order valence-corrected chi connectivity index (χ0v) is 69.7. The SMILES string of the molecule is C=CC(=O)N(CCC)CCCCOC(=O)C(C)(C)C.C=CC(=O)N(CCC)CCCCOC(=O)C(C)C.C=CC(=O)N(CCC)CCCCOC(=O)CC.C=CC(=O)N(CCC)CCCCOC(=O)CC(C)C.C=CC(=O)N(CCC)CCCCOC(=O)CCC.C=CC(=O)N(CCC)CCCCOC(C)=O. The molecule has 0 aromatic carbocycles. The van der Waals surface area contributed by atoms with E-state index in [1.54, 1.807) is 36.3 Å². The molecule has 0 aromatic heterocycles. The molecule has 24 heteroatoms. The van der Waals surface area contributed by atoms with E-state index < -0.39 is 5.41 Å². The summed E-state index contributed by atoms with van der Waals surface area (Å²) in [4.78, 5) is 146. The molecular formula is C83H148N6O18. The molecule has 0 radical (unpaired) electrons. The van der Waals surface area contributed by atoms with Gasteiger partial charge in [-0.3, -0.25) is 57.5 Å². The lowest BCUT2D eigenvalue weighted by atomic mass is 9.97. The molecule has 0 fully saturated rings. The van der Waals surface area contributed by atoms with E-state index in [9.17, 15) is 57.5 Å². The van der Waals surface area contributed by atoms with E-state index in [4.69, 9.17) is 28.4 Å². The third-order valence-corrected chi connectivity index (χ3v) is 14.8. The van der Waals surface area contributed by atoms with Crippen LogP contribution in [0.5, 0.6) is 0 Å². The maximum absolute atomic E-state index is 11.5. The molecule has 0 spiro atoms. The van der Waals surface area contributed by atoms with Crippen LogP contribution in [0.25, 0.3) is 0 Å². The van der Waals surface area contributed by atoms with Gasteiger partial charge in [-0.15, -0.1) is 0 Å². The van der Waals surface area contributed by atoms with E-state index in [-0.39, 0.29) is 77.2 Å². The lowest BCUT2D eigenvalue weighted by molar-refractivity contribution is -0.153. The van der Waals surface area contributed by atoms with Gasteiger partial charge in [0.25, 0.3) is 0 Å². The number of nitrogens with zero attached hydrogens (tertiary/aromatic N) is 6. The lowest BCUT2D eigenvalue weighted by Crippen LogP contribution is -2.31. The Labute approximate surface area is 647 Å². The van der Waals surface area contributed by atoms with Crippen molar-refractivity contribution in [3.8, 4) is 0 Å². The second-order valence-electron chi connectivity index (χ2n) is 26.8. The Balaban J connectivity index is -0.000000286. The van der Waals surface area contributed by atoms with Crippen molar-refractivity contribution in [2.24, 2.45) is 17.3 Å². The number of amides is 6. The third kappa shape index (κ3) is 70.8. The molecule has 618 valence electrons. The van der Waals surface area contributed by atoms with Crippen molar-refractivity contribution in [2.75, 3.05) is 118 Å². The highest BCUT2D eigenvalue weighted by molar-refractivity contribution is 5.89. The quantitative estimate of drug-likeness (QED) is 0.0237. The summed E-state index contributed by atoms with van der Waals surface area (Å²) >= 11 is 0. The van der Waals surface area contributed by atoms with Gasteiger partial charge >= 0.3 is 35.8 Å². The third-order valence-electron chi connectivity index (χ3n) is 14.8. The maximum atomic E-state index is 11.5. The second-order valence-corrected chi connectivity index (χ2v) is 26.8. The van der Waals surface area contributed by atoms with E-state index in [0.717, 1.165) is 161 Å². The maximum Gasteiger partial charge on any atom is 0.311 e.